The highest BCUT2D eigenvalue weighted by Gasteiger charge is 2.03. The van der Waals surface area contributed by atoms with E-state index >= 15 is 0 Å². The highest BCUT2D eigenvalue weighted by Crippen LogP contribution is 2.10. The molecule has 5 heteroatoms. The second kappa shape index (κ2) is 4.45. The van der Waals surface area contributed by atoms with E-state index in [2.05, 4.69) is 25.3 Å². The lowest BCUT2D eigenvalue weighted by molar-refractivity contribution is 1.01. The van der Waals surface area contributed by atoms with Crippen molar-refractivity contribution in [2.45, 2.75) is 27.7 Å². The molecule has 0 unspecified atom stereocenters. The van der Waals surface area contributed by atoms with Crippen LogP contribution in [0.25, 0.3) is 0 Å². The van der Waals surface area contributed by atoms with Gasteiger partial charge < -0.3 is 0 Å². The van der Waals surface area contributed by atoms with Crippen LogP contribution >= 0.6 is 0 Å². The third-order valence-electron chi connectivity index (χ3n) is 2.19. The first-order valence-electron chi connectivity index (χ1n) is 5.44. The van der Waals surface area contributed by atoms with E-state index < -0.39 is 0 Å². The molecule has 5 nitrogen and oxygen atoms in total. The van der Waals surface area contributed by atoms with E-state index in [0.29, 0.717) is 11.9 Å². The van der Waals surface area contributed by atoms with Crippen LogP contribution in [0.1, 0.15) is 22.8 Å². The number of anilines is 2. The number of hydrogen-bond donors (Lipinski definition) is 1. The predicted octanol–water partition coefficient (Wildman–Crippen LogP) is 2.24. The minimum Gasteiger partial charge on any atom is -0.293 e. The van der Waals surface area contributed by atoms with Gasteiger partial charge in [0.2, 0.25) is 11.9 Å². The molecule has 88 valence electrons. The summed E-state index contributed by atoms with van der Waals surface area (Å²) in [6, 6.07) is 3.85. The van der Waals surface area contributed by atoms with Crippen molar-refractivity contribution in [2.24, 2.45) is 0 Å². The van der Waals surface area contributed by atoms with Gasteiger partial charge in [-0.25, -0.2) is 19.9 Å². The Morgan fingerprint density at radius 1 is 0.647 bits per heavy atom. The zero-order valence-corrected chi connectivity index (χ0v) is 10.4. The summed E-state index contributed by atoms with van der Waals surface area (Å²) in [4.78, 5) is 17.1. The van der Waals surface area contributed by atoms with Crippen LogP contribution in [0.4, 0.5) is 11.9 Å². The molecule has 2 rings (SSSR count). The van der Waals surface area contributed by atoms with Gasteiger partial charge in [-0.2, -0.15) is 0 Å². The van der Waals surface area contributed by atoms with Gasteiger partial charge in [0.1, 0.15) is 0 Å². The number of rotatable bonds is 2. The Balaban J connectivity index is 2.31. The molecule has 0 aliphatic heterocycles. The van der Waals surface area contributed by atoms with E-state index in [1.54, 1.807) is 0 Å². The van der Waals surface area contributed by atoms with E-state index in [4.69, 9.17) is 0 Å². The van der Waals surface area contributed by atoms with Gasteiger partial charge in [0.15, 0.2) is 0 Å². The molecule has 0 fully saturated rings. The van der Waals surface area contributed by atoms with E-state index in [0.717, 1.165) is 22.8 Å². The normalized spacial score (nSPS) is 10.4. The fraction of sp³-hybridized carbons (Fsp3) is 0.333. The van der Waals surface area contributed by atoms with Gasteiger partial charge in [0.05, 0.1) is 0 Å². The molecule has 1 N–H and O–H groups in total. The first-order valence-corrected chi connectivity index (χ1v) is 5.44. The Hall–Kier alpha value is -2.04. The average Bonchev–Trinajstić information content (AvgIpc) is 2.13. The number of nitrogens with one attached hydrogen (secondary N) is 1. The summed E-state index contributed by atoms with van der Waals surface area (Å²) in [5.74, 6) is 1.07. The summed E-state index contributed by atoms with van der Waals surface area (Å²) >= 11 is 0. The van der Waals surface area contributed by atoms with Crippen LogP contribution in [-0.2, 0) is 0 Å². The van der Waals surface area contributed by atoms with Crippen LogP contribution in [-0.4, -0.2) is 19.9 Å². The van der Waals surface area contributed by atoms with Gasteiger partial charge in [0, 0.05) is 22.8 Å². The molecule has 0 aliphatic rings. The zero-order chi connectivity index (χ0) is 12.4. The Kier molecular flexibility index (Phi) is 2.99. The van der Waals surface area contributed by atoms with Gasteiger partial charge in [-0.15, -0.1) is 0 Å². The van der Waals surface area contributed by atoms with Crippen molar-refractivity contribution in [3.63, 3.8) is 0 Å². The van der Waals surface area contributed by atoms with E-state index in [1.807, 2.05) is 39.8 Å². The number of hydrogen-bond acceptors (Lipinski definition) is 5. The number of nitrogens with zero attached hydrogens (tertiary/aromatic N) is 4. The first kappa shape index (κ1) is 11.4. The summed E-state index contributed by atoms with van der Waals surface area (Å²) in [6.45, 7) is 7.73. The van der Waals surface area contributed by atoms with Crippen molar-refractivity contribution >= 4 is 11.9 Å². The molecule has 0 atom stereocenters. The largest absolute Gasteiger partial charge is 0.293 e. The van der Waals surface area contributed by atoms with Crippen molar-refractivity contribution in [1.29, 1.82) is 0 Å². The molecule has 17 heavy (non-hydrogen) atoms. The summed E-state index contributed by atoms with van der Waals surface area (Å²) in [5.41, 5.74) is 3.68. The Morgan fingerprint density at radius 3 is 1.24 bits per heavy atom. The fourth-order valence-electron chi connectivity index (χ4n) is 1.66. The Bertz CT molecular complexity index is 461. The quantitative estimate of drug-likeness (QED) is 0.855. The molecule has 0 saturated heterocycles. The van der Waals surface area contributed by atoms with E-state index in [-0.39, 0.29) is 0 Å². The zero-order valence-electron chi connectivity index (χ0n) is 10.4. The summed E-state index contributed by atoms with van der Waals surface area (Å²) in [6.07, 6.45) is 0. The molecule has 2 aromatic heterocycles. The number of aryl methyl sites for hydroxylation is 4. The topological polar surface area (TPSA) is 63.6 Å². The molecule has 0 aromatic carbocycles. The monoisotopic (exact) mass is 229 g/mol. The second-order valence-corrected chi connectivity index (χ2v) is 4.07. The maximum atomic E-state index is 4.29. The summed E-state index contributed by atoms with van der Waals surface area (Å²) < 4.78 is 0. The van der Waals surface area contributed by atoms with Crippen LogP contribution in [0.5, 0.6) is 0 Å². The molecule has 2 heterocycles. The maximum Gasteiger partial charge on any atom is 0.230 e. The van der Waals surface area contributed by atoms with E-state index in [1.165, 1.54) is 0 Å². The molecule has 0 aliphatic carbocycles. The van der Waals surface area contributed by atoms with Crippen molar-refractivity contribution < 1.29 is 0 Å². The highest BCUT2D eigenvalue weighted by atomic mass is 15.2. The third kappa shape index (κ3) is 2.96. The molecule has 0 spiro atoms. The van der Waals surface area contributed by atoms with Crippen LogP contribution in [0.2, 0.25) is 0 Å². The molecule has 0 saturated carbocycles. The van der Waals surface area contributed by atoms with Crippen molar-refractivity contribution in [2.75, 3.05) is 5.32 Å². The van der Waals surface area contributed by atoms with Crippen LogP contribution in [0.3, 0.4) is 0 Å². The molecular formula is C12H15N5. The van der Waals surface area contributed by atoms with Crippen molar-refractivity contribution in [1.82, 2.24) is 19.9 Å². The molecular weight excluding hydrogens is 214 g/mol. The van der Waals surface area contributed by atoms with Crippen molar-refractivity contribution in [3.05, 3.63) is 34.9 Å². The molecule has 0 amide bonds. The molecule has 0 bridgehead atoms. The van der Waals surface area contributed by atoms with E-state index in [9.17, 15) is 0 Å². The smallest absolute Gasteiger partial charge is 0.230 e. The van der Waals surface area contributed by atoms with Crippen LogP contribution in [0.15, 0.2) is 12.1 Å². The van der Waals surface area contributed by atoms with Gasteiger partial charge in [-0.3, -0.25) is 5.32 Å². The summed E-state index contributed by atoms with van der Waals surface area (Å²) in [5, 5.41) is 3.02. The van der Waals surface area contributed by atoms with Crippen LogP contribution < -0.4 is 5.32 Å². The fourth-order valence-corrected chi connectivity index (χ4v) is 1.66. The first-order chi connectivity index (χ1) is 8.02. The summed E-state index contributed by atoms with van der Waals surface area (Å²) in [7, 11) is 0. The van der Waals surface area contributed by atoms with Gasteiger partial charge in [0.25, 0.3) is 0 Å². The second-order valence-electron chi connectivity index (χ2n) is 4.07. The average molecular weight is 229 g/mol. The van der Waals surface area contributed by atoms with Gasteiger partial charge in [-0.05, 0) is 39.8 Å². The minimum atomic E-state index is 0.535. The third-order valence-corrected chi connectivity index (χ3v) is 2.19. The SMILES string of the molecule is Cc1cc(C)nc(Nc2nc(C)cc(C)n2)n1. The van der Waals surface area contributed by atoms with Gasteiger partial charge in [-0.1, -0.05) is 0 Å². The van der Waals surface area contributed by atoms with Crippen molar-refractivity contribution in [3.8, 4) is 0 Å². The molecule has 2 aromatic rings. The Labute approximate surface area is 100 Å². The Morgan fingerprint density at radius 2 is 0.941 bits per heavy atom. The number of aromatic nitrogens is 4. The lowest BCUT2D eigenvalue weighted by atomic mass is 10.3. The minimum absolute atomic E-state index is 0.535. The highest BCUT2D eigenvalue weighted by molar-refractivity contribution is 5.43. The molecule has 0 radical (unpaired) electrons. The standard InChI is InChI=1S/C12H15N5/c1-7-5-8(2)14-11(13-7)17-12-15-9(3)6-10(4)16-12/h5-6H,1-4H3,(H,13,14,15,16,17). The lowest BCUT2D eigenvalue weighted by Crippen LogP contribution is -2.04. The van der Waals surface area contributed by atoms with Crippen LogP contribution in [0, 0.1) is 27.7 Å². The van der Waals surface area contributed by atoms with Gasteiger partial charge >= 0.3 is 0 Å². The predicted molar refractivity (Wildman–Crippen MR) is 66.3 cm³/mol. The maximum absolute atomic E-state index is 4.29. The lowest BCUT2D eigenvalue weighted by Gasteiger charge is -2.06.